The van der Waals surface area contributed by atoms with Crippen molar-refractivity contribution in [2.24, 2.45) is 15.1 Å². The molecule has 10 heteroatoms. The van der Waals surface area contributed by atoms with Crippen LogP contribution in [0.4, 0.5) is 0 Å². The maximum Gasteiger partial charge on any atom is 0.221 e. The van der Waals surface area contributed by atoms with Crippen LogP contribution in [-0.2, 0) is 0 Å². The highest BCUT2D eigenvalue weighted by Crippen LogP contribution is 2.32. The van der Waals surface area contributed by atoms with Crippen molar-refractivity contribution < 1.29 is 14.7 Å². The normalized spacial score (nSPS) is 14.5. The van der Waals surface area contributed by atoms with Crippen molar-refractivity contribution in [2.45, 2.75) is 26.8 Å². The van der Waals surface area contributed by atoms with Crippen LogP contribution in [0, 0.1) is 6.92 Å². The SMILES string of the molecule is COc1ccc(-c2cc(OCCN(C3=NCC(=NO)C=N3)C(C)C)c3ncnc(C)c3c2)cn1. The fraction of sp³-hybridized carbons (Fsp3) is 0.333. The third-order valence-electron chi connectivity index (χ3n) is 5.49. The van der Waals surface area contributed by atoms with Crippen LogP contribution in [0.1, 0.15) is 19.5 Å². The number of guanidine groups is 1. The molecule has 0 atom stereocenters. The zero-order valence-electron chi connectivity index (χ0n) is 19.6. The van der Waals surface area contributed by atoms with E-state index in [-0.39, 0.29) is 12.6 Å². The van der Waals surface area contributed by atoms with E-state index in [1.165, 1.54) is 6.21 Å². The number of aromatic nitrogens is 3. The minimum atomic E-state index is 0.158. The molecule has 1 aromatic carbocycles. The first kappa shape index (κ1) is 23.1. The summed E-state index contributed by atoms with van der Waals surface area (Å²) in [5.74, 6) is 1.81. The fourth-order valence-electron chi connectivity index (χ4n) is 3.64. The van der Waals surface area contributed by atoms with Gasteiger partial charge in [-0.25, -0.2) is 24.9 Å². The average Bonchev–Trinajstić information content (AvgIpc) is 2.87. The molecule has 0 fully saturated rings. The Hall–Kier alpha value is -4.08. The van der Waals surface area contributed by atoms with Crippen molar-refractivity contribution in [3.8, 4) is 22.8 Å². The first-order valence-corrected chi connectivity index (χ1v) is 10.9. The highest BCUT2D eigenvalue weighted by Gasteiger charge is 2.18. The molecule has 0 spiro atoms. The molecule has 10 nitrogen and oxygen atoms in total. The highest BCUT2D eigenvalue weighted by atomic mass is 16.5. The minimum Gasteiger partial charge on any atom is -0.489 e. The van der Waals surface area contributed by atoms with Crippen molar-refractivity contribution >= 4 is 28.8 Å². The molecule has 176 valence electrons. The summed E-state index contributed by atoms with van der Waals surface area (Å²) in [5.41, 5.74) is 3.94. The highest BCUT2D eigenvalue weighted by molar-refractivity contribution is 6.34. The second kappa shape index (κ2) is 10.2. The number of aryl methyl sites for hydroxylation is 1. The van der Waals surface area contributed by atoms with Crippen LogP contribution in [0.5, 0.6) is 11.6 Å². The Labute approximate surface area is 197 Å². The lowest BCUT2D eigenvalue weighted by atomic mass is 10.0. The number of benzene rings is 1. The Morgan fingerprint density at radius 3 is 2.65 bits per heavy atom. The molecule has 1 N–H and O–H groups in total. The Morgan fingerprint density at radius 1 is 1.15 bits per heavy atom. The van der Waals surface area contributed by atoms with Gasteiger partial charge in [-0.2, -0.15) is 0 Å². The maximum atomic E-state index is 8.90. The van der Waals surface area contributed by atoms with E-state index < -0.39 is 0 Å². The van der Waals surface area contributed by atoms with E-state index in [0.29, 0.717) is 36.5 Å². The Morgan fingerprint density at radius 2 is 2.00 bits per heavy atom. The number of nitrogens with zero attached hydrogens (tertiary/aromatic N) is 7. The molecule has 0 bridgehead atoms. The van der Waals surface area contributed by atoms with Crippen molar-refractivity contribution in [3.63, 3.8) is 0 Å². The lowest BCUT2D eigenvalue weighted by Crippen LogP contribution is -2.40. The lowest BCUT2D eigenvalue weighted by molar-refractivity contribution is 0.247. The monoisotopic (exact) mass is 461 g/mol. The fourth-order valence-corrected chi connectivity index (χ4v) is 3.64. The zero-order valence-corrected chi connectivity index (χ0v) is 19.6. The quantitative estimate of drug-likeness (QED) is 0.423. The molecule has 4 rings (SSSR count). The van der Waals surface area contributed by atoms with E-state index in [0.717, 1.165) is 27.7 Å². The molecule has 3 aromatic rings. The van der Waals surface area contributed by atoms with Crippen LogP contribution in [-0.4, -0.2) is 75.8 Å². The number of ether oxygens (including phenoxy) is 2. The summed E-state index contributed by atoms with van der Waals surface area (Å²) in [6, 6.07) is 7.96. The summed E-state index contributed by atoms with van der Waals surface area (Å²) in [4.78, 5) is 23.9. The number of fused-ring (bicyclic) bond motifs is 1. The van der Waals surface area contributed by atoms with Gasteiger partial charge in [0.15, 0.2) is 0 Å². The molecule has 0 unspecified atom stereocenters. The molecule has 1 aliphatic rings. The molecule has 34 heavy (non-hydrogen) atoms. The van der Waals surface area contributed by atoms with Crippen molar-refractivity contribution in [1.82, 2.24) is 19.9 Å². The van der Waals surface area contributed by atoms with Crippen LogP contribution in [0.15, 0.2) is 51.9 Å². The first-order valence-electron chi connectivity index (χ1n) is 10.9. The van der Waals surface area contributed by atoms with Crippen LogP contribution < -0.4 is 9.47 Å². The van der Waals surface area contributed by atoms with E-state index >= 15 is 0 Å². The smallest absolute Gasteiger partial charge is 0.221 e. The summed E-state index contributed by atoms with van der Waals surface area (Å²) < 4.78 is 11.4. The number of hydrogen-bond acceptors (Lipinski definition) is 10. The number of pyridine rings is 1. The van der Waals surface area contributed by atoms with Gasteiger partial charge in [0.05, 0.1) is 26.4 Å². The van der Waals surface area contributed by atoms with Crippen LogP contribution in [0.3, 0.4) is 0 Å². The standard InChI is InChI=1S/C24H27N7O3/c1-15(2)31(24-26-12-19(30-32)13-27-24)7-8-34-21-10-18(17-5-6-22(33-4)25-11-17)9-20-16(3)28-14-29-23(20)21/h5-6,9-12,14-15,32H,7-8,13H2,1-4H3. The Balaban J connectivity index is 1.58. The van der Waals surface area contributed by atoms with Gasteiger partial charge in [0.2, 0.25) is 11.8 Å². The average molecular weight is 462 g/mol. The molecule has 2 aromatic heterocycles. The predicted octanol–water partition coefficient (Wildman–Crippen LogP) is 3.37. The van der Waals surface area contributed by atoms with Gasteiger partial charge in [0, 0.05) is 34.9 Å². The van der Waals surface area contributed by atoms with Gasteiger partial charge >= 0.3 is 0 Å². The number of hydrogen-bond donors (Lipinski definition) is 1. The summed E-state index contributed by atoms with van der Waals surface area (Å²) in [6.45, 7) is 7.34. The zero-order chi connectivity index (χ0) is 24.1. The Kier molecular flexibility index (Phi) is 6.95. The van der Waals surface area contributed by atoms with E-state index in [4.69, 9.17) is 14.7 Å². The van der Waals surface area contributed by atoms with Gasteiger partial charge in [-0.15, -0.1) is 0 Å². The number of methoxy groups -OCH3 is 1. The number of rotatable bonds is 7. The Bertz CT molecular complexity index is 1250. The first-order chi connectivity index (χ1) is 16.5. The van der Waals surface area contributed by atoms with Gasteiger partial charge in [-0.3, -0.25) is 0 Å². The minimum absolute atomic E-state index is 0.158. The van der Waals surface area contributed by atoms with Gasteiger partial charge < -0.3 is 19.6 Å². The van der Waals surface area contributed by atoms with Gasteiger partial charge in [-0.05, 0) is 44.5 Å². The number of oxime groups is 1. The van der Waals surface area contributed by atoms with Gasteiger partial charge in [0.1, 0.15) is 29.9 Å². The molecular formula is C24H27N7O3. The molecule has 0 aliphatic carbocycles. The molecule has 0 amide bonds. The molecule has 0 saturated carbocycles. The second-order valence-electron chi connectivity index (χ2n) is 8.02. The van der Waals surface area contributed by atoms with Crippen molar-refractivity contribution in [2.75, 3.05) is 26.8 Å². The summed E-state index contributed by atoms with van der Waals surface area (Å²) >= 11 is 0. The van der Waals surface area contributed by atoms with Gasteiger partial charge in [-0.1, -0.05) is 5.16 Å². The number of aliphatic imine (C=N–C) groups is 2. The molecule has 3 heterocycles. The largest absolute Gasteiger partial charge is 0.489 e. The van der Waals surface area contributed by atoms with Crippen LogP contribution in [0.2, 0.25) is 0 Å². The molecule has 0 radical (unpaired) electrons. The summed E-state index contributed by atoms with van der Waals surface area (Å²) in [5, 5.41) is 13.0. The third-order valence-corrected chi connectivity index (χ3v) is 5.49. The molecule has 0 saturated heterocycles. The van der Waals surface area contributed by atoms with Crippen molar-refractivity contribution in [3.05, 3.63) is 42.5 Å². The van der Waals surface area contributed by atoms with Gasteiger partial charge in [0.25, 0.3) is 0 Å². The van der Waals surface area contributed by atoms with E-state index in [1.54, 1.807) is 19.6 Å². The van der Waals surface area contributed by atoms with E-state index in [2.05, 4.69) is 43.9 Å². The third kappa shape index (κ3) is 4.95. The van der Waals surface area contributed by atoms with Crippen molar-refractivity contribution in [1.29, 1.82) is 0 Å². The maximum absolute atomic E-state index is 8.90. The lowest BCUT2D eigenvalue weighted by Gasteiger charge is -2.28. The topological polar surface area (TPSA) is 118 Å². The molecule has 1 aliphatic heterocycles. The van der Waals surface area contributed by atoms with E-state index in [9.17, 15) is 0 Å². The van der Waals surface area contributed by atoms with Crippen LogP contribution >= 0.6 is 0 Å². The molecular weight excluding hydrogens is 434 g/mol. The summed E-state index contributed by atoms with van der Waals surface area (Å²) in [6.07, 6.45) is 4.84. The second-order valence-corrected chi connectivity index (χ2v) is 8.02. The van der Waals surface area contributed by atoms with E-state index in [1.807, 2.05) is 36.1 Å². The summed E-state index contributed by atoms with van der Waals surface area (Å²) in [7, 11) is 1.59. The predicted molar refractivity (Wildman–Crippen MR) is 131 cm³/mol. The van der Waals surface area contributed by atoms with Crippen LogP contribution in [0.25, 0.3) is 22.0 Å².